The molecule has 0 spiro atoms. The van der Waals surface area contributed by atoms with Gasteiger partial charge in [0.25, 0.3) is 0 Å². The molecule has 2 nitrogen and oxygen atoms in total. The molecule has 0 saturated heterocycles. The molecule has 1 aromatic carbocycles. The lowest BCUT2D eigenvalue weighted by Gasteiger charge is -2.09. The Labute approximate surface area is 84.7 Å². The first-order chi connectivity index (χ1) is 6.79. The van der Waals surface area contributed by atoms with E-state index in [1.54, 1.807) is 0 Å². The summed E-state index contributed by atoms with van der Waals surface area (Å²) in [6.07, 6.45) is 4.49. The molecule has 0 bridgehead atoms. The average Bonchev–Trinajstić information content (AvgIpc) is 2.64. The van der Waals surface area contributed by atoms with Crippen LogP contribution in [0.25, 0.3) is 0 Å². The van der Waals surface area contributed by atoms with Crippen LogP contribution < -0.4 is 5.73 Å². The number of benzene rings is 1. The van der Waals surface area contributed by atoms with Gasteiger partial charge in [-0.25, -0.2) is 0 Å². The van der Waals surface area contributed by atoms with Crippen LogP contribution in [0.15, 0.2) is 18.2 Å². The molecule has 1 atom stereocenters. The Hall–Kier alpha value is -0.860. The van der Waals surface area contributed by atoms with Crippen LogP contribution >= 0.6 is 0 Å². The summed E-state index contributed by atoms with van der Waals surface area (Å²) < 4.78 is 0. The fraction of sp³-hybridized carbons (Fsp3) is 0.500. The normalized spacial score (nSPS) is 16.7. The van der Waals surface area contributed by atoms with E-state index in [0.29, 0.717) is 0 Å². The summed E-state index contributed by atoms with van der Waals surface area (Å²) in [6.45, 7) is 0.0666. The Kier molecular flexibility index (Phi) is 2.85. The number of rotatable bonds is 3. The molecular weight excluding hydrogens is 174 g/mol. The van der Waals surface area contributed by atoms with Crippen molar-refractivity contribution < 1.29 is 5.11 Å². The third-order valence-corrected chi connectivity index (χ3v) is 2.90. The summed E-state index contributed by atoms with van der Waals surface area (Å²) in [6, 6.07) is 6.48. The second-order valence-corrected chi connectivity index (χ2v) is 4.10. The molecule has 0 saturated carbocycles. The Bertz CT molecular complexity index is 322. The van der Waals surface area contributed by atoms with Crippen LogP contribution in [0.4, 0.5) is 0 Å². The molecule has 2 heteroatoms. The molecule has 0 aromatic heterocycles. The molecule has 0 amide bonds. The highest BCUT2D eigenvalue weighted by Gasteiger charge is 2.11. The highest BCUT2D eigenvalue weighted by atomic mass is 16.3. The van der Waals surface area contributed by atoms with Crippen LogP contribution in [0.1, 0.15) is 23.1 Å². The van der Waals surface area contributed by atoms with E-state index in [2.05, 4.69) is 18.2 Å². The highest BCUT2D eigenvalue weighted by Crippen LogP contribution is 2.23. The minimum Gasteiger partial charge on any atom is -0.395 e. The number of aliphatic hydroxyl groups is 1. The van der Waals surface area contributed by atoms with Crippen molar-refractivity contribution in [3.8, 4) is 0 Å². The Morgan fingerprint density at radius 3 is 2.86 bits per heavy atom. The summed E-state index contributed by atoms with van der Waals surface area (Å²) >= 11 is 0. The fourth-order valence-corrected chi connectivity index (χ4v) is 2.12. The molecular formula is C12H17NO. The summed E-state index contributed by atoms with van der Waals surface area (Å²) in [5.41, 5.74) is 9.93. The Balaban J connectivity index is 2.12. The van der Waals surface area contributed by atoms with Crippen molar-refractivity contribution in [2.24, 2.45) is 5.73 Å². The van der Waals surface area contributed by atoms with Crippen LogP contribution in [0, 0.1) is 0 Å². The molecule has 0 aliphatic heterocycles. The van der Waals surface area contributed by atoms with E-state index in [-0.39, 0.29) is 12.6 Å². The molecule has 76 valence electrons. The van der Waals surface area contributed by atoms with E-state index in [4.69, 9.17) is 10.8 Å². The van der Waals surface area contributed by atoms with E-state index in [9.17, 15) is 0 Å². The summed E-state index contributed by atoms with van der Waals surface area (Å²) in [4.78, 5) is 0. The second kappa shape index (κ2) is 4.11. The van der Waals surface area contributed by atoms with Crippen LogP contribution in [-0.2, 0) is 19.3 Å². The highest BCUT2D eigenvalue weighted by molar-refractivity contribution is 5.35. The van der Waals surface area contributed by atoms with Crippen molar-refractivity contribution in [2.45, 2.75) is 31.7 Å². The van der Waals surface area contributed by atoms with E-state index in [1.165, 1.54) is 36.0 Å². The molecule has 1 aliphatic rings. The third kappa shape index (κ3) is 1.97. The van der Waals surface area contributed by atoms with Gasteiger partial charge in [0, 0.05) is 6.04 Å². The zero-order chi connectivity index (χ0) is 9.97. The summed E-state index contributed by atoms with van der Waals surface area (Å²) in [5.74, 6) is 0. The number of aryl methyl sites for hydroxylation is 2. The molecule has 2 rings (SSSR count). The van der Waals surface area contributed by atoms with E-state index >= 15 is 0 Å². The zero-order valence-corrected chi connectivity index (χ0v) is 8.37. The van der Waals surface area contributed by atoms with Crippen molar-refractivity contribution >= 4 is 0 Å². The Morgan fingerprint density at radius 1 is 1.29 bits per heavy atom. The zero-order valence-electron chi connectivity index (χ0n) is 8.37. The van der Waals surface area contributed by atoms with Crippen molar-refractivity contribution in [3.63, 3.8) is 0 Å². The molecule has 0 fully saturated rings. The van der Waals surface area contributed by atoms with Gasteiger partial charge in [0.1, 0.15) is 0 Å². The number of fused-ring (bicyclic) bond motifs is 1. The first-order valence-electron chi connectivity index (χ1n) is 5.26. The van der Waals surface area contributed by atoms with Crippen molar-refractivity contribution in [2.75, 3.05) is 6.61 Å². The molecule has 1 aliphatic carbocycles. The van der Waals surface area contributed by atoms with Gasteiger partial charge in [0.2, 0.25) is 0 Å². The van der Waals surface area contributed by atoms with Gasteiger partial charge in [-0.3, -0.25) is 0 Å². The topological polar surface area (TPSA) is 46.2 Å². The smallest absolute Gasteiger partial charge is 0.0585 e. The van der Waals surface area contributed by atoms with Crippen LogP contribution in [-0.4, -0.2) is 17.8 Å². The first-order valence-corrected chi connectivity index (χ1v) is 5.26. The van der Waals surface area contributed by atoms with Crippen LogP contribution in [0.2, 0.25) is 0 Å². The average molecular weight is 191 g/mol. The van der Waals surface area contributed by atoms with Crippen molar-refractivity contribution in [3.05, 3.63) is 34.9 Å². The summed E-state index contributed by atoms with van der Waals surface area (Å²) in [5, 5.41) is 8.86. The third-order valence-electron chi connectivity index (χ3n) is 2.90. The first kappa shape index (κ1) is 9.69. The van der Waals surface area contributed by atoms with Gasteiger partial charge in [-0.05, 0) is 42.4 Å². The van der Waals surface area contributed by atoms with Crippen LogP contribution in [0.5, 0.6) is 0 Å². The lowest BCUT2D eigenvalue weighted by molar-refractivity contribution is 0.265. The maximum atomic E-state index is 8.86. The largest absolute Gasteiger partial charge is 0.395 e. The molecule has 14 heavy (non-hydrogen) atoms. The van der Waals surface area contributed by atoms with Gasteiger partial charge >= 0.3 is 0 Å². The number of aliphatic hydroxyl groups excluding tert-OH is 1. The van der Waals surface area contributed by atoms with E-state index in [1.807, 2.05) is 0 Å². The van der Waals surface area contributed by atoms with Gasteiger partial charge in [0.15, 0.2) is 0 Å². The van der Waals surface area contributed by atoms with Gasteiger partial charge in [0.05, 0.1) is 6.61 Å². The van der Waals surface area contributed by atoms with Crippen molar-refractivity contribution in [1.29, 1.82) is 0 Å². The van der Waals surface area contributed by atoms with Gasteiger partial charge in [-0.2, -0.15) is 0 Å². The predicted molar refractivity (Wildman–Crippen MR) is 57.2 cm³/mol. The molecule has 1 unspecified atom stereocenters. The van der Waals surface area contributed by atoms with Gasteiger partial charge < -0.3 is 10.8 Å². The van der Waals surface area contributed by atoms with E-state index < -0.39 is 0 Å². The minimum absolute atomic E-state index is 0.0666. The lowest BCUT2D eigenvalue weighted by Crippen LogP contribution is -2.26. The molecule has 3 N–H and O–H groups in total. The predicted octanol–water partition coefficient (Wildman–Crippen LogP) is 1.04. The van der Waals surface area contributed by atoms with Gasteiger partial charge in [-0.15, -0.1) is 0 Å². The maximum Gasteiger partial charge on any atom is 0.0585 e. The number of hydrogen-bond acceptors (Lipinski definition) is 2. The van der Waals surface area contributed by atoms with E-state index in [0.717, 1.165) is 6.42 Å². The van der Waals surface area contributed by atoms with Crippen molar-refractivity contribution in [1.82, 2.24) is 0 Å². The monoisotopic (exact) mass is 191 g/mol. The summed E-state index contributed by atoms with van der Waals surface area (Å²) in [7, 11) is 0. The lowest BCUT2D eigenvalue weighted by atomic mass is 10.0. The number of nitrogens with two attached hydrogens (primary N) is 1. The molecule has 1 aromatic rings. The quantitative estimate of drug-likeness (QED) is 0.749. The maximum absolute atomic E-state index is 8.86. The minimum atomic E-state index is -0.116. The SMILES string of the molecule is NC(CO)Cc1ccc2c(c1)CCC2. The fourth-order valence-electron chi connectivity index (χ4n) is 2.12. The number of hydrogen-bond donors (Lipinski definition) is 2. The van der Waals surface area contributed by atoms with Gasteiger partial charge in [-0.1, -0.05) is 18.2 Å². The molecule has 0 radical (unpaired) electrons. The second-order valence-electron chi connectivity index (χ2n) is 4.10. The Morgan fingerprint density at radius 2 is 2.07 bits per heavy atom. The standard InChI is InChI=1S/C12H17NO/c13-12(8-14)7-9-4-5-10-2-1-3-11(10)6-9/h4-6,12,14H,1-3,7-8,13H2. The van der Waals surface area contributed by atoms with Crippen LogP contribution in [0.3, 0.4) is 0 Å². The molecule has 0 heterocycles.